The molecule has 0 spiro atoms. The van der Waals surface area contributed by atoms with E-state index in [0.29, 0.717) is 23.4 Å². The molecule has 21 heavy (non-hydrogen) atoms. The predicted molar refractivity (Wildman–Crippen MR) is 89.2 cm³/mol. The average molecular weight is 305 g/mol. The average Bonchev–Trinajstić information content (AvgIpc) is 2.85. The maximum absolute atomic E-state index is 11.5. The third-order valence-corrected chi connectivity index (χ3v) is 5.45. The second-order valence-electron chi connectivity index (χ2n) is 5.46. The molecule has 114 valence electrons. The lowest BCUT2D eigenvalue weighted by atomic mass is 9.95. The first-order chi connectivity index (χ1) is 10.1. The summed E-state index contributed by atoms with van der Waals surface area (Å²) in [7, 11) is 0. The molecule has 0 amide bonds. The fourth-order valence-electron chi connectivity index (χ4n) is 2.87. The predicted octanol–water partition coefficient (Wildman–Crippen LogP) is 4.51. The number of carboxylic acid groups (broad SMARTS) is 1. The number of benzene rings is 1. The first-order valence-corrected chi connectivity index (χ1v) is 8.37. The number of rotatable bonds is 7. The van der Waals surface area contributed by atoms with Gasteiger partial charge >= 0.3 is 5.97 Å². The molecule has 0 aliphatic carbocycles. The molecule has 0 fully saturated rings. The first-order valence-electron chi connectivity index (χ1n) is 7.55. The van der Waals surface area contributed by atoms with Gasteiger partial charge < -0.3 is 10.4 Å². The van der Waals surface area contributed by atoms with Crippen LogP contribution in [-0.2, 0) is 6.54 Å². The van der Waals surface area contributed by atoms with Gasteiger partial charge in [0.05, 0.1) is 0 Å². The molecule has 1 aromatic carbocycles. The highest BCUT2D eigenvalue weighted by atomic mass is 32.1. The van der Waals surface area contributed by atoms with Crippen LogP contribution in [-0.4, -0.2) is 17.1 Å². The van der Waals surface area contributed by atoms with Gasteiger partial charge in [-0.05, 0) is 29.9 Å². The Morgan fingerprint density at radius 3 is 2.57 bits per heavy atom. The number of hydrogen-bond donors (Lipinski definition) is 2. The Morgan fingerprint density at radius 1 is 1.29 bits per heavy atom. The fourth-order valence-corrected chi connectivity index (χ4v) is 3.93. The van der Waals surface area contributed by atoms with Crippen LogP contribution in [0.25, 0.3) is 10.1 Å². The minimum absolute atomic E-state index is 0.389. The van der Waals surface area contributed by atoms with Crippen molar-refractivity contribution >= 4 is 27.4 Å². The maximum atomic E-state index is 11.5. The van der Waals surface area contributed by atoms with E-state index in [1.54, 1.807) is 0 Å². The highest BCUT2D eigenvalue weighted by Gasteiger charge is 2.19. The molecular weight excluding hydrogens is 282 g/mol. The van der Waals surface area contributed by atoms with Crippen LogP contribution in [0.2, 0.25) is 0 Å². The van der Waals surface area contributed by atoms with Crippen LogP contribution in [0.5, 0.6) is 0 Å². The molecule has 2 aromatic rings. The van der Waals surface area contributed by atoms with E-state index in [0.717, 1.165) is 28.5 Å². The zero-order chi connectivity index (χ0) is 15.4. The van der Waals surface area contributed by atoms with E-state index >= 15 is 0 Å². The van der Waals surface area contributed by atoms with Crippen molar-refractivity contribution in [3.63, 3.8) is 0 Å². The lowest BCUT2D eigenvalue weighted by Gasteiger charge is -2.22. The Morgan fingerprint density at radius 2 is 1.95 bits per heavy atom. The van der Waals surface area contributed by atoms with Gasteiger partial charge in [0, 0.05) is 17.3 Å². The largest absolute Gasteiger partial charge is 0.477 e. The second-order valence-corrected chi connectivity index (χ2v) is 6.51. The van der Waals surface area contributed by atoms with Gasteiger partial charge in [0.25, 0.3) is 0 Å². The SMILES string of the molecule is CCC(CC)C(C)NCc1c(C(=O)O)sc2ccccc12. The molecule has 0 aliphatic heterocycles. The van der Waals surface area contributed by atoms with Crippen LogP contribution >= 0.6 is 11.3 Å². The molecule has 3 nitrogen and oxygen atoms in total. The summed E-state index contributed by atoms with van der Waals surface area (Å²) in [6.45, 7) is 7.21. The fraction of sp³-hybridized carbons (Fsp3) is 0.471. The van der Waals surface area contributed by atoms with E-state index in [2.05, 4.69) is 26.1 Å². The van der Waals surface area contributed by atoms with Crippen molar-refractivity contribution in [2.24, 2.45) is 5.92 Å². The van der Waals surface area contributed by atoms with Gasteiger partial charge in [-0.15, -0.1) is 11.3 Å². The maximum Gasteiger partial charge on any atom is 0.346 e. The van der Waals surface area contributed by atoms with Crippen molar-refractivity contribution in [3.05, 3.63) is 34.7 Å². The highest BCUT2D eigenvalue weighted by Crippen LogP contribution is 2.31. The summed E-state index contributed by atoms with van der Waals surface area (Å²) in [4.78, 5) is 11.9. The Bertz CT molecular complexity index is 616. The van der Waals surface area contributed by atoms with Gasteiger partial charge in [0.15, 0.2) is 0 Å². The molecule has 1 unspecified atom stereocenters. The molecule has 0 bridgehead atoms. The number of thiophene rings is 1. The molecule has 2 N–H and O–H groups in total. The molecule has 0 saturated heterocycles. The number of fused-ring (bicyclic) bond motifs is 1. The van der Waals surface area contributed by atoms with Crippen LogP contribution < -0.4 is 5.32 Å². The van der Waals surface area contributed by atoms with Crippen LogP contribution in [0.3, 0.4) is 0 Å². The molecule has 1 aromatic heterocycles. The quantitative estimate of drug-likeness (QED) is 0.791. The molecule has 1 atom stereocenters. The number of hydrogen-bond acceptors (Lipinski definition) is 3. The number of carbonyl (C=O) groups is 1. The Labute approximate surface area is 130 Å². The molecule has 0 aliphatic rings. The van der Waals surface area contributed by atoms with Crippen LogP contribution in [0.4, 0.5) is 0 Å². The second kappa shape index (κ2) is 7.05. The Balaban J connectivity index is 2.24. The van der Waals surface area contributed by atoms with Crippen LogP contribution in [0.15, 0.2) is 24.3 Å². The van der Waals surface area contributed by atoms with Gasteiger partial charge in [0.1, 0.15) is 4.88 Å². The lowest BCUT2D eigenvalue weighted by Crippen LogP contribution is -2.32. The van der Waals surface area contributed by atoms with Gasteiger partial charge in [0.2, 0.25) is 0 Å². The molecule has 0 saturated carbocycles. The van der Waals surface area contributed by atoms with E-state index < -0.39 is 5.97 Å². The molecule has 1 heterocycles. The Hall–Kier alpha value is -1.39. The number of nitrogens with one attached hydrogen (secondary N) is 1. The normalized spacial score (nSPS) is 13.0. The number of aromatic carboxylic acids is 1. The van der Waals surface area contributed by atoms with Crippen molar-refractivity contribution in [1.29, 1.82) is 0 Å². The smallest absolute Gasteiger partial charge is 0.346 e. The summed E-state index contributed by atoms with van der Waals surface area (Å²) >= 11 is 1.36. The third kappa shape index (κ3) is 3.44. The van der Waals surface area contributed by atoms with E-state index in [9.17, 15) is 9.90 Å². The van der Waals surface area contributed by atoms with Gasteiger partial charge in [-0.1, -0.05) is 44.9 Å². The highest BCUT2D eigenvalue weighted by molar-refractivity contribution is 7.21. The van der Waals surface area contributed by atoms with E-state index in [1.807, 2.05) is 24.3 Å². The monoisotopic (exact) mass is 305 g/mol. The summed E-state index contributed by atoms with van der Waals surface area (Å²) in [6, 6.07) is 8.31. The van der Waals surface area contributed by atoms with Crippen molar-refractivity contribution in [3.8, 4) is 0 Å². The molecule has 4 heteroatoms. The minimum Gasteiger partial charge on any atom is -0.477 e. The zero-order valence-electron chi connectivity index (χ0n) is 12.8. The van der Waals surface area contributed by atoms with Crippen molar-refractivity contribution < 1.29 is 9.90 Å². The summed E-state index contributed by atoms with van der Waals surface area (Å²) in [6.07, 6.45) is 2.28. The minimum atomic E-state index is -0.830. The van der Waals surface area contributed by atoms with Crippen molar-refractivity contribution in [1.82, 2.24) is 5.32 Å². The van der Waals surface area contributed by atoms with E-state index in [4.69, 9.17) is 0 Å². The standard InChI is InChI=1S/C17H23NO2S/c1-4-12(5-2)11(3)18-10-14-13-8-6-7-9-15(13)21-16(14)17(19)20/h6-9,11-12,18H,4-5,10H2,1-3H3,(H,19,20). The zero-order valence-corrected chi connectivity index (χ0v) is 13.7. The van der Waals surface area contributed by atoms with Crippen molar-refractivity contribution in [2.75, 3.05) is 0 Å². The summed E-state index contributed by atoms with van der Waals surface area (Å²) in [5.41, 5.74) is 0.918. The van der Waals surface area contributed by atoms with E-state index in [1.165, 1.54) is 11.3 Å². The van der Waals surface area contributed by atoms with Crippen LogP contribution in [0.1, 0.15) is 48.8 Å². The summed E-state index contributed by atoms with van der Waals surface area (Å²) < 4.78 is 1.04. The summed E-state index contributed by atoms with van der Waals surface area (Å²) in [5.74, 6) is -0.202. The number of carboxylic acids is 1. The molecule has 2 rings (SSSR count). The lowest BCUT2D eigenvalue weighted by molar-refractivity contribution is 0.0701. The molecular formula is C17H23NO2S. The first kappa shape index (κ1) is 16.0. The van der Waals surface area contributed by atoms with Gasteiger partial charge in [-0.3, -0.25) is 0 Å². The summed E-state index contributed by atoms with van der Waals surface area (Å²) in [5, 5.41) is 14.0. The van der Waals surface area contributed by atoms with E-state index in [-0.39, 0.29) is 0 Å². The molecule has 0 radical (unpaired) electrons. The Kier molecular flexibility index (Phi) is 5.37. The van der Waals surface area contributed by atoms with Crippen molar-refractivity contribution in [2.45, 2.75) is 46.2 Å². The third-order valence-electron chi connectivity index (χ3n) is 4.25. The van der Waals surface area contributed by atoms with Gasteiger partial charge in [-0.2, -0.15) is 0 Å². The van der Waals surface area contributed by atoms with Crippen LogP contribution in [0, 0.1) is 5.92 Å². The topological polar surface area (TPSA) is 49.3 Å². The van der Waals surface area contributed by atoms with Gasteiger partial charge in [-0.25, -0.2) is 4.79 Å².